The molecule has 4 nitrogen and oxygen atoms in total. The molecule has 1 aromatic carbocycles. The molecule has 1 unspecified atom stereocenters. The molecule has 6 heteroatoms. The number of benzene rings is 1. The summed E-state index contributed by atoms with van der Waals surface area (Å²) in [7, 11) is 0. The van der Waals surface area contributed by atoms with Crippen molar-refractivity contribution >= 4 is 23.9 Å². The molecule has 0 saturated carbocycles. The average Bonchev–Trinajstić information content (AvgIpc) is 2.03. The second-order valence-corrected chi connectivity index (χ2v) is 4.79. The monoisotopic (exact) mass is 218 g/mol. The van der Waals surface area contributed by atoms with Crippen molar-refractivity contribution in [2.45, 2.75) is 0 Å². The maximum atomic E-state index is 10.7. The average molecular weight is 219 g/mol. The highest BCUT2D eigenvalue weighted by atomic mass is 35.7. The van der Waals surface area contributed by atoms with Crippen molar-refractivity contribution in [2.24, 2.45) is 10.5 Å². The van der Waals surface area contributed by atoms with Gasteiger partial charge < -0.3 is 10.6 Å². The first-order chi connectivity index (χ1) is 5.99. The molecule has 0 bridgehead atoms. The Balaban J connectivity index is 2.99. The zero-order valence-corrected chi connectivity index (χ0v) is 8.24. The molecule has 1 atom stereocenters. The van der Waals surface area contributed by atoms with E-state index >= 15 is 0 Å². The van der Waals surface area contributed by atoms with Gasteiger partial charge in [0, 0.05) is 5.56 Å². The van der Waals surface area contributed by atoms with E-state index in [9.17, 15) is 4.57 Å². The van der Waals surface area contributed by atoms with Crippen molar-refractivity contribution in [3.05, 3.63) is 35.9 Å². The normalized spacial score (nSPS) is 16.6. The molecule has 3 N–H and O–H groups in total. The third-order valence-corrected chi connectivity index (χ3v) is 1.99. The van der Waals surface area contributed by atoms with Gasteiger partial charge in [0.15, 0.2) is 0 Å². The lowest BCUT2D eigenvalue weighted by molar-refractivity contribution is 0.497. The van der Waals surface area contributed by atoms with E-state index < -0.39 is 6.87 Å². The SMILES string of the molecule is N/C(=N/P(=O)(O)Cl)c1ccccc1. The molecular weight excluding hydrogens is 211 g/mol. The first-order valence-electron chi connectivity index (χ1n) is 3.42. The molecule has 0 aromatic heterocycles. The van der Waals surface area contributed by atoms with Crippen LogP contribution in [0.2, 0.25) is 0 Å². The quantitative estimate of drug-likeness (QED) is 0.451. The van der Waals surface area contributed by atoms with E-state index in [1.807, 2.05) is 0 Å². The Morgan fingerprint density at radius 2 is 2.00 bits per heavy atom. The van der Waals surface area contributed by atoms with E-state index in [0.717, 1.165) is 0 Å². The van der Waals surface area contributed by atoms with Crippen LogP contribution in [0.4, 0.5) is 0 Å². The number of hydrogen-bond acceptors (Lipinski definition) is 1. The Hall–Kier alpha value is -0.830. The Kier molecular flexibility index (Phi) is 3.09. The van der Waals surface area contributed by atoms with E-state index in [0.29, 0.717) is 5.56 Å². The predicted octanol–water partition coefficient (Wildman–Crippen LogP) is 1.73. The fourth-order valence-electron chi connectivity index (χ4n) is 0.800. The van der Waals surface area contributed by atoms with Crippen LogP contribution in [0.25, 0.3) is 0 Å². The molecule has 1 aromatic rings. The van der Waals surface area contributed by atoms with Crippen LogP contribution in [0.1, 0.15) is 5.56 Å². The summed E-state index contributed by atoms with van der Waals surface area (Å²) in [6.07, 6.45) is 0. The van der Waals surface area contributed by atoms with Crippen LogP contribution in [0.15, 0.2) is 35.1 Å². The van der Waals surface area contributed by atoms with Crippen molar-refractivity contribution in [2.75, 3.05) is 0 Å². The molecule has 0 fully saturated rings. The van der Waals surface area contributed by atoms with Gasteiger partial charge in [0.25, 0.3) is 0 Å². The van der Waals surface area contributed by atoms with Crippen LogP contribution in [0.3, 0.4) is 0 Å². The van der Waals surface area contributed by atoms with Crippen molar-refractivity contribution in [3.8, 4) is 0 Å². The van der Waals surface area contributed by atoms with Gasteiger partial charge in [-0.05, 0) is 11.2 Å². The predicted molar refractivity (Wildman–Crippen MR) is 52.8 cm³/mol. The van der Waals surface area contributed by atoms with Gasteiger partial charge >= 0.3 is 6.87 Å². The van der Waals surface area contributed by atoms with Crippen molar-refractivity contribution < 1.29 is 9.46 Å². The first-order valence-corrected chi connectivity index (χ1v) is 5.94. The number of nitrogens with zero attached hydrogens (tertiary/aromatic N) is 1. The Labute approximate surface area is 80.4 Å². The molecule has 0 amide bonds. The number of hydrogen-bond donors (Lipinski definition) is 2. The van der Waals surface area contributed by atoms with E-state index in [1.54, 1.807) is 30.3 Å². The van der Waals surface area contributed by atoms with Gasteiger partial charge in [-0.15, -0.1) is 0 Å². The molecule has 70 valence electrons. The smallest absolute Gasteiger partial charge is 0.383 e. The summed E-state index contributed by atoms with van der Waals surface area (Å²) in [6.45, 7) is -3.95. The van der Waals surface area contributed by atoms with Gasteiger partial charge in [0.1, 0.15) is 5.84 Å². The van der Waals surface area contributed by atoms with Crippen molar-refractivity contribution in [3.63, 3.8) is 0 Å². The van der Waals surface area contributed by atoms with Crippen LogP contribution >= 0.6 is 18.1 Å². The van der Waals surface area contributed by atoms with E-state index in [4.69, 9.17) is 21.9 Å². The van der Waals surface area contributed by atoms with Crippen LogP contribution in [0, 0.1) is 0 Å². The summed E-state index contributed by atoms with van der Waals surface area (Å²) in [5.74, 6) is -0.0403. The van der Waals surface area contributed by atoms with E-state index in [-0.39, 0.29) is 5.84 Å². The molecule has 0 aliphatic rings. The minimum atomic E-state index is -3.95. The van der Waals surface area contributed by atoms with Crippen molar-refractivity contribution in [1.29, 1.82) is 0 Å². The zero-order valence-electron chi connectivity index (χ0n) is 6.59. The van der Waals surface area contributed by atoms with Crippen molar-refractivity contribution in [1.82, 2.24) is 0 Å². The van der Waals surface area contributed by atoms with Gasteiger partial charge in [0.2, 0.25) is 0 Å². The summed E-state index contributed by atoms with van der Waals surface area (Å²) in [5, 5.41) is 0. The highest BCUT2D eigenvalue weighted by Crippen LogP contribution is 2.48. The van der Waals surface area contributed by atoms with Crippen LogP contribution in [-0.4, -0.2) is 10.7 Å². The number of nitrogens with two attached hydrogens (primary N) is 1. The van der Waals surface area contributed by atoms with Crippen LogP contribution < -0.4 is 5.73 Å². The summed E-state index contributed by atoms with van der Waals surface area (Å²) in [6, 6.07) is 8.63. The van der Waals surface area contributed by atoms with Gasteiger partial charge in [0.05, 0.1) is 0 Å². The maximum absolute atomic E-state index is 10.7. The molecule has 0 aliphatic carbocycles. The first kappa shape index (κ1) is 10.3. The van der Waals surface area contributed by atoms with Crippen LogP contribution in [0.5, 0.6) is 0 Å². The minimum Gasteiger partial charge on any atom is -0.383 e. The van der Waals surface area contributed by atoms with Gasteiger partial charge in [-0.3, -0.25) is 0 Å². The lowest BCUT2D eigenvalue weighted by atomic mass is 10.2. The Morgan fingerprint density at radius 3 is 2.46 bits per heavy atom. The molecule has 0 radical (unpaired) electrons. The number of amidine groups is 1. The molecule has 0 aliphatic heterocycles. The molecule has 0 spiro atoms. The Bertz CT molecular complexity index is 360. The van der Waals surface area contributed by atoms with Gasteiger partial charge in [-0.2, -0.15) is 4.76 Å². The standard InChI is InChI=1S/C7H8ClN2O2P/c8-13(11,12)10-7(9)6-4-2-1-3-5-6/h1-5H,(H3,9,10,11,12). The Morgan fingerprint density at radius 1 is 1.46 bits per heavy atom. The fraction of sp³-hybridized carbons (Fsp3) is 0. The molecule has 13 heavy (non-hydrogen) atoms. The van der Waals surface area contributed by atoms with E-state index in [2.05, 4.69) is 4.76 Å². The number of halogens is 1. The lowest BCUT2D eigenvalue weighted by Gasteiger charge is -2.00. The minimum absolute atomic E-state index is 0.0403. The second-order valence-electron chi connectivity index (χ2n) is 2.32. The summed E-state index contributed by atoms with van der Waals surface area (Å²) in [4.78, 5) is 8.70. The maximum Gasteiger partial charge on any atom is 0.405 e. The van der Waals surface area contributed by atoms with Gasteiger partial charge in [-0.1, -0.05) is 30.3 Å². The largest absolute Gasteiger partial charge is 0.405 e. The third kappa shape index (κ3) is 3.59. The summed E-state index contributed by atoms with van der Waals surface area (Å²) >= 11 is 5.02. The molecule has 1 rings (SSSR count). The van der Waals surface area contributed by atoms with Gasteiger partial charge in [-0.25, -0.2) is 4.57 Å². The molecule has 0 saturated heterocycles. The van der Waals surface area contributed by atoms with Crippen LogP contribution in [-0.2, 0) is 4.57 Å². The summed E-state index contributed by atoms with van der Waals surface area (Å²) in [5.41, 5.74) is 5.98. The molecular formula is C7H8ClN2O2P. The van der Waals surface area contributed by atoms with E-state index in [1.165, 1.54) is 0 Å². The lowest BCUT2D eigenvalue weighted by Crippen LogP contribution is -2.12. The highest BCUT2D eigenvalue weighted by molar-refractivity contribution is 7.83. The summed E-state index contributed by atoms with van der Waals surface area (Å²) < 4.78 is 13.9. The number of rotatable bonds is 2. The fourth-order valence-corrected chi connectivity index (χ4v) is 1.43. The zero-order chi connectivity index (χ0) is 9.90. The highest BCUT2D eigenvalue weighted by Gasteiger charge is 2.11. The molecule has 0 heterocycles. The third-order valence-electron chi connectivity index (χ3n) is 1.30. The topological polar surface area (TPSA) is 75.7 Å². The second kappa shape index (κ2) is 3.92.